The Labute approximate surface area is 114 Å². The van der Waals surface area contributed by atoms with Crippen molar-refractivity contribution in [3.63, 3.8) is 0 Å². The molecule has 3 atom stereocenters. The predicted octanol–water partition coefficient (Wildman–Crippen LogP) is 1.12. The number of benzene rings is 1. The van der Waals surface area contributed by atoms with Crippen molar-refractivity contribution in [3.8, 4) is 5.75 Å². The lowest BCUT2D eigenvalue weighted by Crippen LogP contribution is -2.56. The third-order valence-electron chi connectivity index (χ3n) is 4.47. The van der Waals surface area contributed by atoms with Crippen molar-refractivity contribution in [2.75, 3.05) is 33.3 Å². The van der Waals surface area contributed by atoms with E-state index in [1.165, 1.54) is 0 Å². The molecule has 1 fully saturated rings. The Morgan fingerprint density at radius 2 is 2.05 bits per heavy atom. The molecule has 1 N–H and O–H groups in total. The molecule has 2 aliphatic rings. The monoisotopic (exact) mass is 262 g/mol. The average molecular weight is 262 g/mol. The summed E-state index contributed by atoms with van der Waals surface area (Å²) < 4.78 is 5.81. The van der Waals surface area contributed by atoms with Gasteiger partial charge < -0.3 is 14.7 Å². The molecule has 1 aromatic carbocycles. The first kappa shape index (κ1) is 12.9. The molecule has 19 heavy (non-hydrogen) atoms. The van der Waals surface area contributed by atoms with E-state index in [9.17, 15) is 5.11 Å². The van der Waals surface area contributed by atoms with Crippen LogP contribution in [0.2, 0.25) is 0 Å². The van der Waals surface area contributed by atoms with Crippen LogP contribution in [0.4, 0.5) is 0 Å². The molecule has 0 aromatic heterocycles. The normalized spacial score (nSPS) is 32.7. The van der Waals surface area contributed by atoms with Crippen LogP contribution in [0.25, 0.3) is 0 Å². The summed E-state index contributed by atoms with van der Waals surface area (Å²) in [5.41, 5.74) is 0.922. The van der Waals surface area contributed by atoms with Crippen molar-refractivity contribution in [1.29, 1.82) is 0 Å². The zero-order valence-corrected chi connectivity index (χ0v) is 11.6. The van der Waals surface area contributed by atoms with Crippen LogP contribution in [0.3, 0.4) is 0 Å². The topological polar surface area (TPSA) is 35.9 Å². The van der Waals surface area contributed by atoms with E-state index in [2.05, 4.69) is 23.8 Å². The number of fused-ring (bicyclic) bond motifs is 1. The third-order valence-corrected chi connectivity index (χ3v) is 4.47. The molecule has 1 saturated heterocycles. The summed E-state index contributed by atoms with van der Waals surface area (Å²) in [6.45, 7) is 5.84. The molecule has 1 aromatic rings. The maximum Gasteiger partial charge on any atom is 0.125 e. The molecule has 3 unspecified atom stereocenters. The molecule has 0 radical (unpaired) electrons. The highest BCUT2D eigenvalue weighted by Gasteiger charge is 2.36. The standard InChI is InChI=1S/C15H22N2O2/c1-11-9-17(8-7-16(11)2)13-10-19-14-6-4-3-5-12(14)15(13)18/h3-6,11,13,15,18H,7-10H2,1-2H3. The number of likely N-dealkylation sites (N-methyl/N-ethyl adjacent to an activating group) is 1. The van der Waals surface area contributed by atoms with Gasteiger partial charge in [-0.05, 0) is 20.0 Å². The fraction of sp³-hybridized carbons (Fsp3) is 0.600. The number of rotatable bonds is 1. The highest BCUT2D eigenvalue weighted by molar-refractivity contribution is 5.37. The van der Waals surface area contributed by atoms with E-state index in [0.717, 1.165) is 30.9 Å². The van der Waals surface area contributed by atoms with Gasteiger partial charge >= 0.3 is 0 Å². The molecule has 2 heterocycles. The number of aliphatic hydroxyl groups excluding tert-OH is 1. The maximum atomic E-state index is 10.6. The maximum absolute atomic E-state index is 10.6. The molecule has 0 spiro atoms. The van der Waals surface area contributed by atoms with Gasteiger partial charge in [-0.2, -0.15) is 0 Å². The van der Waals surface area contributed by atoms with Gasteiger partial charge in [-0.1, -0.05) is 18.2 Å². The van der Waals surface area contributed by atoms with E-state index in [1.54, 1.807) is 0 Å². The average Bonchev–Trinajstić information content (AvgIpc) is 2.43. The number of hydrogen-bond acceptors (Lipinski definition) is 4. The first-order chi connectivity index (χ1) is 9.16. The van der Waals surface area contributed by atoms with Gasteiger partial charge in [0.15, 0.2) is 0 Å². The molecule has 0 bridgehead atoms. The van der Waals surface area contributed by atoms with Gasteiger partial charge in [0.2, 0.25) is 0 Å². The Kier molecular flexibility index (Phi) is 3.48. The van der Waals surface area contributed by atoms with Gasteiger partial charge in [0.1, 0.15) is 18.5 Å². The number of ether oxygens (including phenoxy) is 1. The van der Waals surface area contributed by atoms with Gasteiger partial charge in [-0.15, -0.1) is 0 Å². The van der Waals surface area contributed by atoms with Crippen LogP contribution in [0.5, 0.6) is 5.75 Å². The molecule has 4 nitrogen and oxygen atoms in total. The second kappa shape index (κ2) is 5.12. The largest absolute Gasteiger partial charge is 0.491 e. The summed E-state index contributed by atoms with van der Waals surface area (Å²) >= 11 is 0. The van der Waals surface area contributed by atoms with E-state index >= 15 is 0 Å². The summed E-state index contributed by atoms with van der Waals surface area (Å²) in [7, 11) is 2.16. The Balaban J connectivity index is 1.77. The molecule has 0 aliphatic carbocycles. The van der Waals surface area contributed by atoms with Crippen molar-refractivity contribution in [3.05, 3.63) is 29.8 Å². The first-order valence-electron chi connectivity index (χ1n) is 7.01. The van der Waals surface area contributed by atoms with E-state index in [4.69, 9.17) is 4.74 Å². The minimum Gasteiger partial charge on any atom is -0.491 e. The number of hydrogen-bond donors (Lipinski definition) is 1. The molecule has 3 rings (SSSR count). The number of piperazine rings is 1. The smallest absolute Gasteiger partial charge is 0.125 e. The minimum absolute atomic E-state index is 0.0750. The highest BCUT2D eigenvalue weighted by atomic mass is 16.5. The van der Waals surface area contributed by atoms with Crippen molar-refractivity contribution in [2.45, 2.75) is 25.1 Å². The summed E-state index contributed by atoms with van der Waals surface area (Å²) in [5.74, 6) is 0.827. The van der Waals surface area contributed by atoms with Crippen molar-refractivity contribution in [1.82, 2.24) is 9.80 Å². The molecule has 0 amide bonds. The Morgan fingerprint density at radius 1 is 1.26 bits per heavy atom. The lowest BCUT2D eigenvalue weighted by atomic mass is 9.97. The van der Waals surface area contributed by atoms with Crippen LogP contribution < -0.4 is 4.74 Å². The van der Waals surface area contributed by atoms with E-state index < -0.39 is 6.10 Å². The quantitative estimate of drug-likeness (QED) is 0.822. The lowest BCUT2D eigenvalue weighted by molar-refractivity contribution is -0.0259. The van der Waals surface area contributed by atoms with Crippen molar-refractivity contribution < 1.29 is 9.84 Å². The second-order valence-electron chi connectivity index (χ2n) is 5.69. The summed E-state index contributed by atoms with van der Waals surface area (Å²) in [5, 5.41) is 10.6. The van der Waals surface area contributed by atoms with Gasteiger partial charge in [-0.3, -0.25) is 4.90 Å². The Hall–Kier alpha value is -1.10. The Bertz CT molecular complexity index is 452. The van der Waals surface area contributed by atoms with Crippen LogP contribution in [0.1, 0.15) is 18.6 Å². The fourth-order valence-electron chi connectivity index (χ4n) is 3.01. The SMILES string of the molecule is CC1CN(C2COc3ccccc3C2O)CCN1C. The highest BCUT2D eigenvalue weighted by Crippen LogP contribution is 2.34. The van der Waals surface area contributed by atoms with E-state index in [-0.39, 0.29) is 6.04 Å². The van der Waals surface area contributed by atoms with Crippen LogP contribution >= 0.6 is 0 Å². The number of para-hydroxylation sites is 1. The summed E-state index contributed by atoms with van der Waals surface area (Å²) in [6, 6.07) is 8.40. The molecule has 2 aliphatic heterocycles. The zero-order chi connectivity index (χ0) is 13.4. The van der Waals surface area contributed by atoms with Crippen LogP contribution in [0.15, 0.2) is 24.3 Å². The molecule has 104 valence electrons. The number of nitrogens with zero attached hydrogens (tertiary/aromatic N) is 2. The van der Waals surface area contributed by atoms with Gasteiger partial charge in [0.05, 0.1) is 6.04 Å². The summed E-state index contributed by atoms with van der Waals surface area (Å²) in [4.78, 5) is 4.73. The van der Waals surface area contributed by atoms with E-state index in [0.29, 0.717) is 12.6 Å². The fourth-order valence-corrected chi connectivity index (χ4v) is 3.01. The van der Waals surface area contributed by atoms with Gasteiger partial charge in [0, 0.05) is 31.2 Å². The number of aliphatic hydroxyl groups is 1. The van der Waals surface area contributed by atoms with Crippen molar-refractivity contribution in [2.24, 2.45) is 0 Å². The molecule has 4 heteroatoms. The minimum atomic E-state index is -0.444. The van der Waals surface area contributed by atoms with Crippen molar-refractivity contribution >= 4 is 0 Å². The molecular formula is C15H22N2O2. The zero-order valence-electron chi connectivity index (χ0n) is 11.6. The second-order valence-corrected chi connectivity index (χ2v) is 5.69. The third kappa shape index (κ3) is 2.36. The van der Waals surface area contributed by atoms with Gasteiger partial charge in [0.25, 0.3) is 0 Å². The molecule has 0 saturated carbocycles. The van der Waals surface area contributed by atoms with Crippen LogP contribution in [-0.2, 0) is 0 Å². The van der Waals surface area contributed by atoms with Crippen LogP contribution in [-0.4, -0.2) is 60.3 Å². The van der Waals surface area contributed by atoms with Gasteiger partial charge in [-0.25, -0.2) is 0 Å². The van der Waals surface area contributed by atoms with E-state index in [1.807, 2.05) is 24.3 Å². The Morgan fingerprint density at radius 3 is 2.84 bits per heavy atom. The lowest BCUT2D eigenvalue weighted by Gasteiger charge is -2.44. The predicted molar refractivity (Wildman–Crippen MR) is 74.3 cm³/mol. The summed E-state index contributed by atoms with van der Waals surface area (Å²) in [6.07, 6.45) is -0.444. The van der Waals surface area contributed by atoms with Crippen LogP contribution in [0, 0.1) is 0 Å². The molecular weight excluding hydrogens is 240 g/mol. The first-order valence-corrected chi connectivity index (χ1v) is 7.01.